The molecule has 3 heterocycles. The predicted molar refractivity (Wildman–Crippen MR) is 78.6 cm³/mol. The first kappa shape index (κ1) is 14.9. The summed E-state index contributed by atoms with van der Waals surface area (Å²) < 4.78 is 1.55. The lowest BCUT2D eigenvalue weighted by Gasteiger charge is -2.21. The predicted octanol–water partition coefficient (Wildman–Crippen LogP) is -1.33. The van der Waals surface area contributed by atoms with Crippen molar-refractivity contribution in [1.82, 2.24) is 24.8 Å². The Morgan fingerprint density at radius 1 is 1.45 bits per heavy atom. The second-order valence-electron chi connectivity index (χ2n) is 5.37. The van der Waals surface area contributed by atoms with Crippen LogP contribution in [0.3, 0.4) is 0 Å². The van der Waals surface area contributed by atoms with Crippen molar-refractivity contribution < 1.29 is 15.0 Å². The fraction of sp³-hybridized carbons (Fsp3) is 0.500. The summed E-state index contributed by atoms with van der Waals surface area (Å²) in [5, 5.41) is 26.0. The summed E-state index contributed by atoms with van der Waals surface area (Å²) in [6, 6.07) is 0. The minimum Gasteiger partial charge on any atom is -0.396 e. The van der Waals surface area contributed by atoms with E-state index in [0.717, 1.165) is 5.56 Å². The lowest BCUT2D eigenvalue weighted by atomic mass is 10.2. The number of rotatable bonds is 3. The monoisotopic (exact) mass is 305 g/mol. The summed E-state index contributed by atoms with van der Waals surface area (Å²) in [7, 11) is 0. The van der Waals surface area contributed by atoms with Gasteiger partial charge in [-0.3, -0.25) is 4.79 Å². The maximum atomic E-state index is 12.6. The van der Waals surface area contributed by atoms with Crippen LogP contribution in [-0.4, -0.2) is 74.5 Å². The summed E-state index contributed by atoms with van der Waals surface area (Å²) in [5.74, 6) is -0.180. The number of carbonyl (C=O) groups is 1. The number of nitrogens with zero attached hydrogens (tertiary/aromatic N) is 4. The molecule has 1 atom stereocenters. The highest BCUT2D eigenvalue weighted by Gasteiger charge is 2.24. The fourth-order valence-corrected chi connectivity index (χ4v) is 2.57. The number of β-amino-alcohol motifs (C(OH)–C–C–N with tert-alkyl or cyclic N) is 1. The number of nitrogens with one attached hydrogen (secondary N) is 1. The lowest BCUT2D eigenvalue weighted by Crippen LogP contribution is -2.37. The molecular weight excluding hydrogens is 286 g/mol. The molecular formula is C14H19N5O3. The number of aliphatic hydroxyl groups excluding tert-OH is 2. The van der Waals surface area contributed by atoms with Gasteiger partial charge in [0.2, 0.25) is 0 Å². The third-order valence-electron chi connectivity index (χ3n) is 3.70. The molecule has 0 radical (unpaired) electrons. The number of hydrogen-bond donors (Lipinski definition) is 3. The van der Waals surface area contributed by atoms with Gasteiger partial charge < -0.3 is 20.4 Å². The van der Waals surface area contributed by atoms with Gasteiger partial charge in [0.05, 0.1) is 12.3 Å². The molecule has 118 valence electrons. The Balaban J connectivity index is 1.87. The Hall–Kier alpha value is -2.03. The molecule has 8 nitrogen and oxygen atoms in total. The van der Waals surface area contributed by atoms with Crippen LogP contribution in [0, 0.1) is 0 Å². The van der Waals surface area contributed by atoms with Crippen molar-refractivity contribution in [2.45, 2.75) is 12.5 Å². The van der Waals surface area contributed by atoms with Crippen LogP contribution < -0.4 is 5.32 Å². The Labute approximate surface area is 127 Å². The molecule has 1 fully saturated rings. The molecule has 0 aliphatic carbocycles. The van der Waals surface area contributed by atoms with Crippen LogP contribution >= 0.6 is 0 Å². The molecule has 2 aromatic rings. The van der Waals surface area contributed by atoms with E-state index < -0.39 is 6.10 Å². The molecule has 1 aliphatic rings. The van der Waals surface area contributed by atoms with E-state index in [2.05, 4.69) is 15.4 Å². The highest BCUT2D eigenvalue weighted by atomic mass is 16.3. The second-order valence-corrected chi connectivity index (χ2v) is 5.37. The molecule has 22 heavy (non-hydrogen) atoms. The molecule has 0 bridgehead atoms. The van der Waals surface area contributed by atoms with Gasteiger partial charge in [-0.05, 0) is 12.0 Å². The molecule has 3 rings (SSSR count). The van der Waals surface area contributed by atoms with Crippen LogP contribution in [0.4, 0.5) is 0 Å². The fourth-order valence-electron chi connectivity index (χ4n) is 2.57. The Bertz CT molecular complexity index is 672. The quantitative estimate of drug-likeness (QED) is 0.649. The highest BCUT2D eigenvalue weighted by Crippen LogP contribution is 2.13. The smallest absolute Gasteiger partial charge is 0.259 e. The molecule has 1 saturated heterocycles. The topological polar surface area (TPSA) is 103 Å². The van der Waals surface area contributed by atoms with Gasteiger partial charge in [-0.15, -0.1) is 0 Å². The van der Waals surface area contributed by atoms with Crippen molar-refractivity contribution in [3.05, 3.63) is 29.7 Å². The maximum Gasteiger partial charge on any atom is 0.259 e. The molecule has 8 heteroatoms. The normalized spacial score (nSPS) is 19.4. The molecule has 3 N–H and O–H groups in total. The van der Waals surface area contributed by atoms with Gasteiger partial charge in [0, 0.05) is 45.2 Å². The summed E-state index contributed by atoms with van der Waals surface area (Å²) >= 11 is 0. The summed E-state index contributed by atoms with van der Waals surface area (Å²) in [6.45, 7) is 2.01. The van der Waals surface area contributed by atoms with Gasteiger partial charge in [-0.2, -0.15) is 5.10 Å². The first-order valence-corrected chi connectivity index (χ1v) is 7.30. The highest BCUT2D eigenvalue weighted by molar-refractivity contribution is 5.99. The van der Waals surface area contributed by atoms with Crippen molar-refractivity contribution in [3.8, 4) is 0 Å². The molecule has 0 spiro atoms. The van der Waals surface area contributed by atoms with E-state index in [9.17, 15) is 9.90 Å². The van der Waals surface area contributed by atoms with Crippen LogP contribution in [0.15, 0.2) is 18.6 Å². The summed E-state index contributed by atoms with van der Waals surface area (Å²) in [5.41, 5.74) is 1.76. The van der Waals surface area contributed by atoms with Crippen molar-refractivity contribution in [3.63, 3.8) is 0 Å². The first-order chi connectivity index (χ1) is 10.7. The summed E-state index contributed by atoms with van der Waals surface area (Å²) in [4.78, 5) is 18.5. The average molecular weight is 305 g/mol. The zero-order chi connectivity index (χ0) is 15.5. The van der Waals surface area contributed by atoms with Crippen LogP contribution in [0.1, 0.15) is 15.9 Å². The van der Waals surface area contributed by atoms with Gasteiger partial charge >= 0.3 is 0 Å². The second kappa shape index (κ2) is 6.39. The molecule has 2 aromatic heterocycles. The van der Waals surface area contributed by atoms with E-state index in [0.29, 0.717) is 43.8 Å². The van der Waals surface area contributed by atoms with E-state index in [1.807, 2.05) is 0 Å². The van der Waals surface area contributed by atoms with Gasteiger partial charge in [0.25, 0.3) is 5.91 Å². The zero-order valence-corrected chi connectivity index (χ0v) is 12.1. The van der Waals surface area contributed by atoms with Crippen LogP contribution in [-0.2, 0) is 6.42 Å². The van der Waals surface area contributed by atoms with Gasteiger partial charge in [0.15, 0.2) is 5.65 Å². The van der Waals surface area contributed by atoms with Crippen molar-refractivity contribution in [2.24, 2.45) is 0 Å². The molecule has 0 unspecified atom stereocenters. The van der Waals surface area contributed by atoms with E-state index >= 15 is 0 Å². The Morgan fingerprint density at radius 2 is 2.32 bits per heavy atom. The summed E-state index contributed by atoms with van der Waals surface area (Å²) in [6.07, 6.45) is 4.82. The molecule has 1 aliphatic heterocycles. The van der Waals surface area contributed by atoms with Crippen molar-refractivity contribution >= 4 is 11.6 Å². The minimum atomic E-state index is -0.572. The van der Waals surface area contributed by atoms with E-state index in [1.54, 1.807) is 21.8 Å². The van der Waals surface area contributed by atoms with E-state index in [1.165, 1.54) is 6.20 Å². The number of amides is 1. The van der Waals surface area contributed by atoms with Crippen molar-refractivity contribution in [1.29, 1.82) is 0 Å². The minimum absolute atomic E-state index is 0.0406. The van der Waals surface area contributed by atoms with Crippen LogP contribution in [0.25, 0.3) is 5.65 Å². The van der Waals surface area contributed by atoms with Crippen LogP contribution in [0.2, 0.25) is 0 Å². The average Bonchev–Trinajstić information content (AvgIpc) is 2.80. The van der Waals surface area contributed by atoms with E-state index in [-0.39, 0.29) is 12.5 Å². The first-order valence-electron chi connectivity index (χ1n) is 7.30. The number of hydrogen-bond acceptors (Lipinski definition) is 6. The van der Waals surface area contributed by atoms with Gasteiger partial charge in [0.1, 0.15) is 5.56 Å². The SMILES string of the molecule is O=C(c1cnn2cc(CCO)cnc12)N1CCNC[C@H](O)C1. The van der Waals surface area contributed by atoms with Gasteiger partial charge in [-0.25, -0.2) is 9.50 Å². The number of fused-ring (bicyclic) bond motifs is 1. The Morgan fingerprint density at radius 3 is 3.14 bits per heavy atom. The largest absolute Gasteiger partial charge is 0.396 e. The lowest BCUT2D eigenvalue weighted by molar-refractivity contribution is 0.0674. The molecule has 0 saturated carbocycles. The van der Waals surface area contributed by atoms with Gasteiger partial charge in [-0.1, -0.05) is 0 Å². The number of aliphatic hydroxyl groups is 2. The third-order valence-corrected chi connectivity index (χ3v) is 3.70. The Kier molecular flexibility index (Phi) is 4.32. The standard InChI is InChI=1S/C14H19N5O3/c20-4-1-10-5-16-13-12(7-17-19(13)8-10)14(22)18-3-2-15-6-11(21)9-18/h5,7-8,11,15,20-21H,1-4,6,9H2/t11-/m0/s1. The van der Waals surface area contributed by atoms with Crippen molar-refractivity contribution in [2.75, 3.05) is 32.8 Å². The zero-order valence-electron chi connectivity index (χ0n) is 12.1. The van der Waals surface area contributed by atoms with E-state index in [4.69, 9.17) is 5.11 Å². The number of carbonyl (C=O) groups excluding carboxylic acids is 1. The maximum absolute atomic E-state index is 12.6. The van der Waals surface area contributed by atoms with Crippen LogP contribution in [0.5, 0.6) is 0 Å². The third kappa shape index (κ3) is 2.94. The molecule has 1 amide bonds. The number of aromatic nitrogens is 3. The molecule has 0 aromatic carbocycles.